The van der Waals surface area contributed by atoms with E-state index in [9.17, 15) is 13.2 Å². The molecule has 0 aromatic heterocycles. The topological polar surface area (TPSA) is 66.5 Å². The maximum absolute atomic E-state index is 13.6. The van der Waals surface area contributed by atoms with E-state index in [0.29, 0.717) is 16.3 Å². The zero-order chi connectivity index (χ0) is 20.6. The van der Waals surface area contributed by atoms with E-state index in [0.717, 1.165) is 10.0 Å². The van der Waals surface area contributed by atoms with Crippen LogP contribution in [0.25, 0.3) is 0 Å². The van der Waals surface area contributed by atoms with Gasteiger partial charge >= 0.3 is 0 Å². The number of anilines is 1. The lowest BCUT2D eigenvalue weighted by molar-refractivity contribution is -0.116. The highest BCUT2D eigenvalue weighted by Crippen LogP contribution is 2.40. The molecule has 0 unspecified atom stereocenters. The molecule has 4 rings (SSSR count). The van der Waals surface area contributed by atoms with Gasteiger partial charge in [-0.2, -0.15) is 4.31 Å². The molecule has 1 aliphatic heterocycles. The van der Waals surface area contributed by atoms with Crippen LogP contribution >= 0.6 is 27.5 Å². The molecular formula is C21H16BrClN2O3S. The number of nitrogens with one attached hydrogen (secondary N) is 1. The van der Waals surface area contributed by atoms with Crippen molar-refractivity contribution in [2.75, 3.05) is 11.9 Å². The number of rotatable bonds is 3. The fourth-order valence-electron chi connectivity index (χ4n) is 3.40. The molecule has 1 heterocycles. The highest BCUT2D eigenvalue weighted by molar-refractivity contribution is 9.10. The van der Waals surface area contributed by atoms with E-state index in [1.807, 2.05) is 42.5 Å². The third kappa shape index (κ3) is 3.96. The summed E-state index contributed by atoms with van der Waals surface area (Å²) < 4.78 is 29.2. The first-order chi connectivity index (χ1) is 13.9. The number of hydrogen-bond acceptors (Lipinski definition) is 3. The summed E-state index contributed by atoms with van der Waals surface area (Å²) in [5, 5.41) is 3.26. The number of halogens is 2. The Hall–Kier alpha value is -2.19. The maximum Gasteiger partial charge on any atom is 0.244 e. The smallest absolute Gasteiger partial charge is 0.244 e. The number of fused-ring (bicyclic) bond motifs is 1. The Morgan fingerprint density at radius 2 is 1.69 bits per heavy atom. The van der Waals surface area contributed by atoms with Crippen LogP contribution in [-0.2, 0) is 14.8 Å². The lowest BCUT2D eigenvalue weighted by Gasteiger charge is -2.29. The van der Waals surface area contributed by atoms with Crippen molar-refractivity contribution in [3.8, 4) is 0 Å². The molecule has 0 radical (unpaired) electrons. The molecule has 3 aromatic carbocycles. The van der Waals surface area contributed by atoms with Gasteiger partial charge in [0.2, 0.25) is 15.9 Å². The number of hydrogen-bond donors (Lipinski definition) is 1. The van der Waals surface area contributed by atoms with Gasteiger partial charge in [0, 0.05) is 15.2 Å². The summed E-state index contributed by atoms with van der Waals surface area (Å²) in [5.74, 6) is -0.399. The van der Waals surface area contributed by atoms with Gasteiger partial charge in [0.25, 0.3) is 0 Å². The van der Waals surface area contributed by atoms with E-state index in [-0.39, 0.29) is 11.4 Å². The Morgan fingerprint density at radius 1 is 1.00 bits per heavy atom. The van der Waals surface area contributed by atoms with E-state index >= 15 is 0 Å². The minimum atomic E-state index is -3.99. The van der Waals surface area contributed by atoms with E-state index < -0.39 is 22.0 Å². The highest BCUT2D eigenvalue weighted by atomic mass is 79.9. The van der Waals surface area contributed by atoms with Crippen LogP contribution in [0.3, 0.4) is 0 Å². The van der Waals surface area contributed by atoms with Gasteiger partial charge in [-0.05, 0) is 53.6 Å². The molecule has 1 atom stereocenters. The largest absolute Gasteiger partial charge is 0.325 e. The fourth-order valence-corrected chi connectivity index (χ4v) is 5.45. The molecular weight excluding hydrogens is 476 g/mol. The zero-order valence-corrected chi connectivity index (χ0v) is 18.2. The Labute approximate surface area is 182 Å². The van der Waals surface area contributed by atoms with Crippen LogP contribution in [0, 0.1) is 0 Å². The predicted molar refractivity (Wildman–Crippen MR) is 116 cm³/mol. The van der Waals surface area contributed by atoms with Gasteiger partial charge in [0.05, 0.1) is 17.5 Å². The average Bonchev–Trinajstić information content (AvgIpc) is 2.85. The van der Waals surface area contributed by atoms with E-state index in [4.69, 9.17) is 11.6 Å². The summed E-state index contributed by atoms with van der Waals surface area (Å²) in [6, 6.07) is 20.0. The standard InChI is InChI=1S/C21H16BrClN2O3S/c22-15-6-11-19-18(12-15)21(14-4-2-1-3-5-14)25(13-20(26)24-19)29(27,28)17-9-7-16(23)8-10-17/h1-12,21H,13H2,(H,24,26)/t21-/m0/s1. The molecule has 1 amide bonds. The van der Waals surface area contributed by atoms with E-state index in [1.165, 1.54) is 28.6 Å². The van der Waals surface area contributed by atoms with Crippen LogP contribution in [0.4, 0.5) is 5.69 Å². The quantitative estimate of drug-likeness (QED) is 0.570. The zero-order valence-electron chi connectivity index (χ0n) is 15.0. The van der Waals surface area contributed by atoms with Gasteiger partial charge < -0.3 is 5.32 Å². The Balaban J connectivity index is 1.95. The number of carbonyl (C=O) groups is 1. The van der Waals surface area contributed by atoms with Gasteiger partial charge in [-0.1, -0.05) is 57.9 Å². The van der Waals surface area contributed by atoms with E-state index in [1.54, 1.807) is 6.07 Å². The van der Waals surface area contributed by atoms with Crippen molar-refractivity contribution >= 4 is 49.1 Å². The van der Waals surface area contributed by atoms with Gasteiger partial charge in [0.15, 0.2) is 0 Å². The summed E-state index contributed by atoms with van der Waals surface area (Å²) in [4.78, 5) is 12.7. The number of nitrogens with zero attached hydrogens (tertiary/aromatic N) is 1. The van der Waals surface area contributed by atoms with Gasteiger partial charge in [0.1, 0.15) is 0 Å². The van der Waals surface area contributed by atoms with Crippen molar-refractivity contribution in [3.63, 3.8) is 0 Å². The van der Waals surface area contributed by atoms with E-state index in [2.05, 4.69) is 21.2 Å². The van der Waals surface area contributed by atoms with Crippen molar-refractivity contribution in [1.82, 2.24) is 4.31 Å². The SMILES string of the molecule is O=C1CN(S(=O)(=O)c2ccc(Cl)cc2)[C@@H](c2ccccc2)c2cc(Br)ccc2N1. The second-order valence-corrected chi connectivity index (χ2v) is 9.84. The number of amides is 1. The second kappa shape index (κ2) is 7.91. The fraction of sp³-hybridized carbons (Fsp3) is 0.0952. The first kappa shape index (κ1) is 20.1. The van der Waals surface area contributed by atoms with Gasteiger partial charge in [-0.25, -0.2) is 8.42 Å². The minimum Gasteiger partial charge on any atom is -0.325 e. The summed E-state index contributed by atoms with van der Waals surface area (Å²) in [6.45, 7) is -0.309. The molecule has 5 nitrogen and oxygen atoms in total. The van der Waals surface area contributed by atoms with Crippen LogP contribution < -0.4 is 5.32 Å². The molecule has 0 bridgehead atoms. The second-order valence-electron chi connectivity index (χ2n) is 6.60. The normalized spacial score (nSPS) is 17.3. The first-order valence-electron chi connectivity index (χ1n) is 8.78. The minimum absolute atomic E-state index is 0.0778. The molecule has 8 heteroatoms. The van der Waals surface area contributed by atoms with Crippen molar-refractivity contribution in [3.05, 3.63) is 93.4 Å². The van der Waals surface area contributed by atoms with Crippen LogP contribution in [-0.4, -0.2) is 25.2 Å². The van der Waals surface area contributed by atoms with Crippen LogP contribution in [0.1, 0.15) is 17.2 Å². The number of carbonyl (C=O) groups excluding carboxylic acids is 1. The van der Waals surface area contributed by atoms with Crippen molar-refractivity contribution in [2.24, 2.45) is 0 Å². The predicted octanol–water partition coefficient (Wildman–Crippen LogP) is 4.83. The Kier molecular flexibility index (Phi) is 5.48. The third-order valence-corrected chi connectivity index (χ3v) is 7.28. The molecule has 3 aromatic rings. The molecule has 0 aliphatic carbocycles. The lowest BCUT2D eigenvalue weighted by Crippen LogP contribution is -2.38. The van der Waals surface area contributed by atoms with Gasteiger partial charge in [-0.3, -0.25) is 4.79 Å². The molecule has 29 heavy (non-hydrogen) atoms. The molecule has 0 saturated heterocycles. The average molecular weight is 492 g/mol. The molecule has 1 aliphatic rings. The molecule has 148 valence electrons. The molecule has 0 saturated carbocycles. The molecule has 1 N–H and O–H groups in total. The third-order valence-electron chi connectivity index (χ3n) is 4.71. The van der Waals surface area contributed by atoms with Crippen molar-refractivity contribution in [1.29, 1.82) is 0 Å². The molecule has 0 fully saturated rings. The molecule has 0 spiro atoms. The van der Waals surface area contributed by atoms with Crippen LogP contribution in [0.5, 0.6) is 0 Å². The monoisotopic (exact) mass is 490 g/mol. The van der Waals surface area contributed by atoms with Gasteiger partial charge in [-0.15, -0.1) is 0 Å². The van der Waals surface area contributed by atoms with Crippen molar-refractivity contribution in [2.45, 2.75) is 10.9 Å². The van der Waals surface area contributed by atoms with Crippen LogP contribution in [0.15, 0.2) is 82.2 Å². The number of sulfonamides is 1. The Morgan fingerprint density at radius 3 is 2.38 bits per heavy atom. The van der Waals surface area contributed by atoms with Crippen LogP contribution in [0.2, 0.25) is 5.02 Å². The Bertz CT molecular complexity index is 1170. The van der Waals surface area contributed by atoms with Crippen molar-refractivity contribution < 1.29 is 13.2 Å². The summed E-state index contributed by atoms with van der Waals surface area (Å²) in [6.07, 6.45) is 0. The summed E-state index contributed by atoms with van der Waals surface area (Å²) in [7, 11) is -3.99. The lowest BCUT2D eigenvalue weighted by atomic mass is 9.97. The number of benzene rings is 3. The first-order valence-corrected chi connectivity index (χ1v) is 11.4. The maximum atomic E-state index is 13.6. The summed E-state index contributed by atoms with van der Waals surface area (Å²) >= 11 is 9.39. The summed E-state index contributed by atoms with van der Waals surface area (Å²) in [5.41, 5.74) is 2.04. The highest BCUT2D eigenvalue weighted by Gasteiger charge is 2.38.